The Morgan fingerprint density at radius 2 is 1.80 bits per heavy atom. The fraction of sp³-hybridized carbons (Fsp3) is 0.222. The first-order valence-electron chi connectivity index (χ1n) is 11.4. The van der Waals surface area contributed by atoms with Gasteiger partial charge in [0.25, 0.3) is 0 Å². The molecule has 0 fully saturated rings. The van der Waals surface area contributed by atoms with Crippen molar-refractivity contribution in [3.05, 3.63) is 83.6 Å². The highest BCUT2D eigenvalue weighted by molar-refractivity contribution is 6.00. The Morgan fingerprint density at radius 3 is 2.49 bits per heavy atom. The zero-order valence-electron chi connectivity index (χ0n) is 20.1. The molecule has 0 aliphatic carbocycles. The van der Waals surface area contributed by atoms with Crippen LogP contribution in [0.3, 0.4) is 0 Å². The summed E-state index contributed by atoms with van der Waals surface area (Å²) in [6, 6.07) is 16.5. The van der Waals surface area contributed by atoms with E-state index in [1.165, 1.54) is 5.57 Å². The lowest BCUT2D eigenvalue weighted by molar-refractivity contribution is 0.217. The molecule has 0 spiro atoms. The van der Waals surface area contributed by atoms with Crippen molar-refractivity contribution >= 4 is 34.8 Å². The highest BCUT2D eigenvalue weighted by Gasteiger charge is 2.19. The van der Waals surface area contributed by atoms with Crippen molar-refractivity contribution in [2.75, 3.05) is 36.1 Å². The second kappa shape index (κ2) is 10.7. The Hall–Kier alpha value is -4.33. The van der Waals surface area contributed by atoms with E-state index in [9.17, 15) is 9.59 Å². The number of carbonyl (C=O) groups is 2. The molecular formula is C27H29N5O3. The van der Waals surface area contributed by atoms with Crippen molar-refractivity contribution < 1.29 is 14.3 Å². The summed E-state index contributed by atoms with van der Waals surface area (Å²) >= 11 is 0. The minimum absolute atomic E-state index is 0.155. The van der Waals surface area contributed by atoms with Crippen LogP contribution in [-0.4, -0.2) is 42.1 Å². The van der Waals surface area contributed by atoms with E-state index in [2.05, 4.69) is 27.0 Å². The van der Waals surface area contributed by atoms with Crippen LogP contribution in [0.5, 0.6) is 5.75 Å². The standard InChI is InChI=1S/C27H29N5O3/c1-18-6-11-24(35-3)23(17-18)30-26(33)29-22-9-7-20(8-10-22)21-12-15-32(16-13-21)27(34)31-25-19(2)5-4-14-28-25/h4-12,14,17H,13,15-16H2,1-3H3,(H,28,31,34)(H2,29,30,33). The summed E-state index contributed by atoms with van der Waals surface area (Å²) in [6.45, 7) is 5.00. The van der Waals surface area contributed by atoms with Crippen molar-refractivity contribution in [3.8, 4) is 5.75 Å². The third-order valence-corrected chi connectivity index (χ3v) is 5.85. The average molecular weight is 472 g/mol. The van der Waals surface area contributed by atoms with Crippen LogP contribution in [0.4, 0.5) is 26.8 Å². The van der Waals surface area contributed by atoms with Gasteiger partial charge in [-0.15, -0.1) is 0 Å². The van der Waals surface area contributed by atoms with Crippen molar-refractivity contribution in [2.45, 2.75) is 20.3 Å². The van der Waals surface area contributed by atoms with Gasteiger partial charge in [0.15, 0.2) is 0 Å². The van der Waals surface area contributed by atoms with Crippen LogP contribution in [0, 0.1) is 13.8 Å². The van der Waals surface area contributed by atoms with Crippen LogP contribution in [0.1, 0.15) is 23.1 Å². The van der Waals surface area contributed by atoms with Gasteiger partial charge >= 0.3 is 12.1 Å². The number of carbonyl (C=O) groups excluding carboxylic acids is 2. The van der Waals surface area contributed by atoms with Gasteiger partial charge < -0.3 is 20.3 Å². The SMILES string of the molecule is COc1ccc(C)cc1NC(=O)Nc1ccc(C2=CCN(C(=O)Nc3ncccc3C)CC2)cc1. The molecule has 2 aromatic carbocycles. The highest BCUT2D eigenvalue weighted by atomic mass is 16.5. The maximum absolute atomic E-state index is 12.6. The van der Waals surface area contributed by atoms with Crippen LogP contribution in [0.15, 0.2) is 66.9 Å². The minimum Gasteiger partial charge on any atom is -0.495 e. The van der Waals surface area contributed by atoms with Crippen molar-refractivity contribution in [1.29, 1.82) is 0 Å². The Kier molecular flexibility index (Phi) is 7.30. The number of aromatic nitrogens is 1. The normalized spacial score (nSPS) is 13.0. The van der Waals surface area contributed by atoms with E-state index >= 15 is 0 Å². The maximum Gasteiger partial charge on any atom is 0.323 e. The zero-order chi connectivity index (χ0) is 24.8. The first-order valence-corrected chi connectivity index (χ1v) is 11.4. The number of nitrogens with one attached hydrogen (secondary N) is 3. The molecular weight excluding hydrogens is 442 g/mol. The molecule has 0 saturated heterocycles. The Morgan fingerprint density at radius 1 is 1.00 bits per heavy atom. The number of anilines is 3. The number of amides is 4. The molecule has 0 unspecified atom stereocenters. The molecule has 3 N–H and O–H groups in total. The van der Waals surface area contributed by atoms with Gasteiger partial charge in [0.05, 0.1) is 12.8 Å². The molecule has 180 valence electrons. The minimum atomic E-state index is -0.344. The molecule has 0 saturated carbocycles. The smallest absolute Gasteiger partial charge is 0.323 e. The van der Waals surface area contributed by atoms with Crippen LogP contribution in [-0.2, 0) is 0 Å². The summed E-state index contributed by atoms with van der Waals surface area (Å²) in [4.78, 5) is 31.0. The number of aryl methyl sites for hydroxylation is 2. The molecule has 1 aliphatic rings. The van der Waals surface area contributed by atoms with E-state index in [0.29, 0.717) is 36.0 Å². The van der Waals surface area contributed by atoms with Crippen LogP contribution in [0.25, 0.3) is 5.57 Å². The predicted molar refractivity (Wildman–Crippen MR) is 139 cm³/mol. The molecule has 35 heavy (non-hydrogen) atoms. The molecule has 0 atom stereocenters. The van der Waals surface area contributed by atoms with E-state index in [-0.39, 0.29) is 12.1 Å². The van der Waals surface area contributed by atoms with E-state index in [4.69, 9.17) is 4.74 Å². The van der Waals surface area contributed by atoms with Gasteiger partial charge in [-0.2, -0.15) is 0 Å². The number of nitrogens with zero attached hydrogens (tertiary/aromatic N) is 2. The highest BCUT2D eigenvalue weighted by Crippen LogP contribution is 2.26. The largest absolute Gasteiger partial charge is 0.495 e. The van der Waals surface area contributed by atoms with Crippen LogP contribution >= 0.6 is 0 Å². The van der Waals surface area contributed by atoms with Crippen LogP contribution in [0.2, 0.25) is 0 Å². The number of hydrogen-bond acceptors (Lipinski definition) is 4. The van der Waals surface area contributed by atoms with Gasteiger partial charge in [-0.25, -0.2) is 14.6 Å². The lowest BCUT2D eigenvalue weighted by atomic mass is 9.99. The summed E-state index contributed by atoms with van der Waals surface area (Å²) < 4.78 is 5.31. The molecule has 4 amide bonds. The summed E-state index contributed by atoms with van der Waals surface area (Å²) in [6.07, 6.45) is 4.47. The average Bonchev–Trinajstić information content (AvgIpc) is 2.86. The number of rotatable bonds is 5. The van der Waals surface area contributed by atoms with Gasteiger partial charge in [0.2, 0.25) is 0 Å². The zero-order valence-corrected chi connectivity index (χ0v) is 20.1. The number of urea groups is 2. The summed E-state index contributed by atoms with van der Waals surface area (Å²) in [5.74, 6) is 1.18. The number of hydrogen-bond donors (Lipinski definition) is 3. The van der Waals surface area contributed by atoms with Crippen LogP contribution < -0.4 is 20.7 Å². The summed E-state index contributed by atoms with van der Waals surface area (Å²) in [7, 11) is 1.57. The van der Waals surface area contributed by atoms with Gasteiger partial charge in [-0.1, -0.05) is 30.3 Å². The monoisotopic (exact) mass is 471 g/mol. The topological polar surface area (TPSA) is 95.6 Å². The predicted octanol–water partition coefficient (Wildman–Crippen LogP) is 5.67. The Balaban J connectivity index is 1.33. The number of benzene rings is 2. The lowest BCUT2D eigenvalue weighted by Crippen LogP contribution is -2.38. The molecule has 0 bridgehead atoms. The molecule has 1 aromatic heterocycles. The summed E-state index contributed by atoms with van der Waals surface area (Å²) in [5, 5.41) is 8.56. The van der Waals surface area contributed by atoms with E-state index in [1.807, 2.05) is 68.4 Å². The van der Waals surface area contributed by atoms with Gasteiger partial charge in [-0.05, 0) is 72.9 Å². The van der Waals surface area contributed by atoms with E-state index < -0.39 is 0 Å². The third-order valence-electron chi connectivity index (χ3n) is 5.85. The van der Waals surface area contributed by atoms with Crippen molar-refractivity contribution in [2.24, 2.45) is 0 Å². The maximum atomic E-state index is 12.6. The fourth-order valence-electron chi connectivity index (χ4n) is 3.88. The van der Waals surface area contributed by atoms with Crippen molar-refractivity contribution in [1.82, 2.24) is 9.88 Å². The van der Waals surface area contributed by atoms with E-state index in [1.54, 1.807) is 18.2 Å². The second-order valence-corrected chi connectivity index (χ2v) is 8.38. The van der Waals surface area contributed by atoms with Gasteiger partial charge in [0.1, 0.15) is 11.6 Å². The van der Waals surface area contributed by atoms with Gasteiger partial charge in [0, 0.05) is 25.0 Å². The molecule has 0 radical (unpaired) electrons. The first kappa shape index (κ1) is 23.8. The molecule has 1 aliphatic heterocycles. The lowest BCUT2D eigenvalue weighted by Gasteiger charge is -2.27. The molecule has 8 heteroatoms. The second-order valence-electron chi connectivity index (χ2n) is 8.38. The van der Waals surface area contributed by atoms with Gasteiger partial charge in [-0.3, -0.25) is 5.32 Å². The third kappa shape index (κ3) is 5.97. The molecule has 3 aromatic rings. The molecule has 4 rings (SSSR count). The first-order chi connectivity index (χ1) is 16.9. The summed E-state index contributed by atoms with van der Waals surface area (Å²) in [5.41, 5.74) is 5.48. The number of methoxy groups -OCH3 is 1. The number of ether oxygens (including phenoxy) is 1. The Bertz CT molecular complexity index is 1250. The molecule has 2 heterocycles. The quantitative estimate of drug-likeness (QED) is 0.447. The Labute approximate surface area is 205 Å². The van der Waals surface area contributed by atoms with Crippen molar-refractivity contribution in [3.63, 3.8) is 0 Å². The van der Waals surface area contributed by atoms with E-state index in [0.717, 1.165) is 23.1 Å². The fourth-order valence-corrected chi connectivity index (χ4v) is 3.88. The molecule has 8 nitrogen and oxygen atoms in total. The number of pyridine rings is 1.